The molecule has 76 valence electrons. The van der Waals surface area contributed by atoms with Gasteiger partial charge in [-0.25, -0.2) is 4.39 Å². The molecule has 0 aliphatic heterocycles. The van der Waals surface area contributed by atoms with E-state index in [-0.39, 0.29) is 5.82 Å². The predicted octanol–water partition coefficient (Wildman–Crippen LogP) is 4.86. The highest BCUT2D eigenvalue weighted by molar-refractivity contribution is 14.1. The normalized spacial score (nSPS) is 10.3. The molecule has 0 heterocycles. The van der Waals surface area contributed by atoms with Crippen LogP contribution in [0.2, 0.25) is 0 Å². The molecule has 0 fully saturated rings. The molecule has 0 saturated heterocycles. The molecular formula is C12H7BrFI. The summed E-state index contributed by atoms with van der Waals surface area (Å²) in [6.45, 7) is 0. The zero-order valence-corrected chi connectivity index (χ0v) is 11.4. The summed E-state index contributed by atoms with van der Waals surface area (Å²) < 4.78 is 15.0. The van der Waals surface area contributed by atoms with Gasteiger partial charge in [0.1, 0.15) is 5.82 Å². The summed E-state index contributed by atoms with van der Waals surface area (Å²) in [5, 5.41) is 0. The largest absolute Gasteiger partial charge is 0.207 e. The lowest BCUT2D eigenvalue weighted by Gasteiger charge is -2.05. The molecule has 0 saturated carbocycles. The Morgan fingerprint density at radius 3 is 2.33 bits per heavy atom. The molecule has 0 aliphatic rings. The third-order valence-corrected chi connectivity index (χ3v) is 3.45. The van der Waals surface area contributed by atoms with Gasteiger partial charge < -0.3 is 0 Å². The second-order valence-corrected chi connectivity index (χ2v) is 5.23. The third kappa shape index (κ3) is 2.58. The molecule has 0 aromatic heterocycles. The molecule has 0 amide bonds. The molecule has 2 aromatic carbocycles. The van der Waals surface area contributed by atoms with E-state index in [1.165, 1.54) is 12.1 Å². The van der Waals surface area contributed by atoms with Gasteiger partial charge in [-0.3, -0.25) is 0 Å². The lowest BCUT2D eigenvalue weighted by Crippen LogP contribution is -1.82. The predicted molar refractivity (Wildman–Crippen MR) is 72.3 cm³/mol. The summed E-state index contributed by atoms with van der Waals surface area (Å²) >= 11 is 5.75. The maximum atomic E-state index is 12.8. The smallest absolute Gasteiger partial charge is 0.123 e. The topological polar surface area (TPSA) is 0 Å². The van der Waals surface area contributed by atoms with Crippen molar-refractivity contribution < 1.29 is 4.39 Å². The van der Waals surface area contributed by atoms with Crippen LogP contribution in [0.4, 0.5) is 4.39 Å². The fraction of sp³-hybridized carbons (Fsp3) is 0. The van der Waals surface area contributed by atoms with Crippen molar-refractivity contribution in [2.24, 2.45) is 0 Å². The van der Waals surface area contributed by atoms with Gasteiger partial charge in [0, 0.05) is 8.04 Å². The van der Waals surface area contributed by atoms with Gasteiger partial charge in [-0.05, 0) is 64.0 Å². The summed E-state index contributed by atoms with van der Waals surface area (Å²) in [6.07, 6.45) is 0. The number of rotatable bonds is 1. The minimum atomic E-state index is -0.208. The molecule has 0 bridgehead atoms. The monoisotopic (exact) mass is 376 g/mol. The maximum Gasteiger partial charge on any atom is 0.123 e. The summed E-state index contributed by atoms with van der Waals surface area (Å²) in [6, 6.07) is 12.6. The van der Waals surface area contributed by atoms with Crippen LogP contribution < -0.4 is 0 Å². The van der Waals surface area contributed by atoms with Crippen LogP contribution >= 0.6 is 38.5 Å². The van der Waals surface area contributed by atoms with Gasteiger partial charge in [0.25, 0.3) is 0 Å². The standard InChI is InChI=1S/C12H7BrFI/c13-12-6-5-10(15)7-11(12)8-1-3-9(14)4-2-8/h1-7H. The Morgan fingerprint density at radius 1 is 1.00 bits per heavy atom. The summed E-state index contributed by atoms with van der Waals surface area (Å²) in [7, 11) is 0. The van der Waals surface area contributed by atoms with E-state index < -0.39 is 0 Å². The van der Waals surface area contributed by atoms with Crippen LogP contribution in [0.1, 0.15) is 0 Å². The van der Waals surface area contributed by atoms with Gasteiger partial charge in [0.15, 0.2) is 0 Å². The van der Waals surface area contributed by atoms with Gasteiger partial charge >= 0.3 is 0 Å². The van der Waals surface area contributed by atoms with Crippen LogP contribution in [0.25, 0.3) is 11.1 Å². The Labute approximate surface area is 110 Å². The zero-order chi connectivity index (χ0) is 10.8. The van der Waals surface area contributed by atoms with Crippen molar-refractivity contribution in [2.75, 3.05) is 0 Å². The van der Waals surface area contributed by atoms with Gasteiger partial charge in [0.2, 0.25) is 0 Å². The van der Waals surface area contributed by atoms with Gasteiger partial charge in [0.05, 0.1) is 0 Å². The van der Waals surface area contributed by atoms with E-state index in [1.807, 2.05) is 12.1 Å². The number of halogens is 3. The molecule has 3 heteroatoms. The quantitative estimate of drug-likeness (QED) is 0.623. The van der Waals surface area contributed by atoms with Crippen LogP contribution in [-0.2, 0) is 0 Å². The first-order chi connectivity index (χ1) is 7.16. The van der Waals surface area contributed by atoms with Crippen molar-refractivity contribution >= 4 is 38.5 Å². The number of hydrogen-bond donors (Lipinski definition) is 0. The van der Waals surface area contributed by atoms with Crippen LogP contribution in [0.3, 0.4) is 0 Å². The van der Waals surface area contributed by atoms with E-state index in [0.717, 1.165) is 19.2 Å². The average Bonchev–Trinajstić information content (AvgIpc) is 2.23. The first-order valence-electron chi connectivity index (χ1n) is 4.38. The highest BCUT2D eigenvalue weighted by Crippen LogP contribution is 2.29. The Bertz CT molecular complexity index is 479. The Hall–Kier alpha value is -0.420. The molecule has 2 rings (SSSR count). The molecule has 2 aromatic rings. The van der Waals surface area contributed by atoms with Crippen LogP contribution in [0.5, 0.6) is 0 Å². The van der Waals surface area contributed by atoms with Crippen molar-refractivity contribution in [3.63, 3.8) is 0 Å². The first kappa shape index (κ1) is 11.1. The van der Waals surface area contributed by atoms with Crippen molar-refractivity contribution in [3.05, 3.63) is 56.3 Å². The maximum absolute atomic E-state index is 12.8. The van der Waals surface area contributed by atoms with Gasteiger partial charge in [-0.2, -0.15) is 0 Å². The van der Waals surface area contributed by atoms with Crippen molar-refractivity contribution in [3.8, 4) is 11.1 Å². The lowest BCUT2D eigenvalue weighted by atomic mass is 10.1. The molecule has 0 nitrogen and oxygen atoms in total. The SMILES string of the molecule is Fc1ccc(-c2cc(I)ccc2Br)cc1. The Morgan fingerprint density at radius 2 is 1.67 bits per heavy atom. The van der Waals surface area contributed by atoms with Crippen LogP contribution in [0.15, 0.2) is 46.9 Å². The molecule has 0 aliphatic carbocycles. The summed E-state index contributed by atoms with van der Waals surface area (Å²) in [4.78, 5) is 0. The molecule has 0 unspecified atom stereocenters. The van der Waals surface area contributed by atoms with E-state index >= 15 is 0 Å². The van der Waals surface area contributed by atoms with E-state index in [4.69, 9.17) is 0 Å². The summed E-state index contributed by atoms with van der Waals surface area (Å²) in [5.41, 5.74) is 2.10. The molecule has 0 spiro atoms. The average molecular weight is 377 g/mol. The lowest BCUT2D eigenvalue weighted by molar-refractivity contribution is 0.628. The fourth-order valence-corrected chi connectivity index (χ4v) is 2.31. The highest BCUT2D eigenvalue weighted by Gasteiger charge is 2.03. The minimum Gasteiger partial charge on any atom is -0.207 e. The highest BCUT2D eigenvalue weighted by atomic mass is 127. The van der Waals surface area contributed by atoms with E-state index in [2.05, 4.69) is 44.6 Å². The van der Waals surface area contributed by atoms with E-state index in [0.29, 0.717) is 0 Å². The van der Waals surface area contributed by atoms with Gasteiger partial charge in [-0.15, -0.1) is 0 Å². The number of benzene rings is 2. The summed E-state index contributed by atoms with van der Waals surface area (Å²) in [5.74, 6) is -0.208. The van der Waals surface area contributed by atoms with Crippen molar-refractivity contribution in [1.29, 1.82) is 0 Å². The van der Waals surface area contributed by atoms with Crippen molar-refractivity contribution in [2.45, 2.75) is 0 Å². The second kappa shape index (κ2) is 4.61. The fourth-order valence-electron chi connectivity index (χ4n) is 1.35. The first-order valence-corrected chi connectivity index (χ1v) is 6.25. The van der Waals surface area contributed by atoms with Crippen LogP contribution in [-0.4, -0.2) is 0 Å². The Kier molecular flexibility index (Phi) is 3.41. The third-order valence-electron chi connectivity index (χ3n) is 2.08. The molecule has 0 radical (unpaired) electrons. The zero-order valence-electron chi connectivity index (χ0n) is 7.68. The molecular weight excluding hydrogens is 370 g/mol. The molecule has 0 atom stereocenters. The van der Waals surface area contributed by atoms with E-state index in [1.54, 1.807) is 12.1 Å². The van der Waals surface area contributed by atoms with Gasteiger partial charge in [-0.1, -0.05) is 28.1 Å². The Balaban J connectivity index is 2.53. The van der Waals surface area contributed by atoms with Crippen molar-refractivity contribution in [1.82, 2.24) is 0 Å². The number of hydrogen-bond acceptors (Lipinski definition) is 0. The molecule has 0 N–H and O–H groups in total. The van der Waals surface area contributed by atoms with Crippen LogP contribution in [0, 0.1) is 9.39 Å². The van der Waals surface area contributed by atoms with E-state index in [9.17, 15) is 4.39 Å². The second-order valence-electron chi connectivity index (χ2n) is 3.13. The minimum absolute atomic E-state index is 0.208. The molecule has 15 heavy (non-hydrogen) atoms.